The van der Waals surface area contributed by atoms with Crippen molar-refractivity contribution >= 4 is 16.5 Å². The Morgan fingerprint density at radius 3 is 2.42 bits per heavy atom. The number of hydrogen-bond donors (Lipinski definition) is 1. The van der Waals surface area contributed by atoms with Crippen LogP contribution in [0.4, 0.5) is 5.13 Å². The standard InChI is InChI=1S/C16H24N2S/c1-2-3-17-15-18-14(10-19-15)16-7-11-4-12(8-16)6-13(5-11)9-16/h10-13H,2-9H2,1H3,(H,17,18). The van der Waals surface area contributed by atoms with Crippen LogP contribution in [0.2, 0.25) is 0 Å². The lowest BCUT2D eigenvalue weighted by atomic mass is 9.49. The summed E-state index contributed by atoms with van der Waals surface area (Å²) in [5.41, 5.74) is 1.90. The van der Waals surface area contributed by atoms with Crippen molar-refractivity contribution in [3.05, 3.63) is 11.1 Å². The first kappa shape index (κ1) is 12.2. The summed E-state index contributed by atoms with van der Waals surface area (Å²) in [5.74, 6) is 3.04. The Hall–Kier alpha value is -0.570. The minimum atomic E-state index is 0.470. The van der Waals surface area contributed by atoms with E-state index in [1.807, 2.05) is 11.3 Å². The zero-order valence-corrected chi connectivity index (χ0v) is 12.6. The molecule has 0 atom stereocenters. The topological polar surface area (TPSA) is 24.9 Å². The highest BCUT2D eigenvalue weighted by atomic mass is 32.1. The van der Waals surface area contributed by atoms with Crippen LogP contribution in [0.5, 0.6) is 0 Å². The Morgan fingerprint density at radius 2 is 1.84 bits per heavy atom. The Kier molecular flexibility index (Phi) is 2.87. The third-order valence-corrected chi connectivity index (χ3v) is 6.41. The van der Waals surface area contributed by atoms with Crippen LogP contribution in [0.15, 0.2) is 5.38 Å². The first-order valence-electron chi connectivity index (χ1n) is 7.97. The number of nitrogens with one attached hydrogen (secondary N) is 1. The summed E-state index contributed by atoms with van der Waals surface area (Å²) in [4.78, 5) is 4.95. The van der Waals surface area contributed by atoms with Gasteiger partial charge in [0.25, 0.3) is 0 Å². The van der Waals surface area contributed by atoms with Gasteiger partial charge in [-0.1, -0.05) is 6.92 Å². The molecule has 2 nitrogen and oxygen atoms in total. The van der Waals surface area contributed by atoms with Crippen molar-refractivity contribution < 1.29 is 0 Å². The van der Waals surface area contributed by atoms with E-state index in [1.165, 1.54) is 50.6 Å². The largest absolute Gasteiger partial charge is 0.362 e. The molecule has 104 valence electrons. The molecule has 1 heterocycles. The summed E-state index contributed by atoms with van der Waals surface area (Å²) in [6.45, 7) is 3.26. The van der Waals surface area contributed by atoms with Crippen molar-refractivity contribution in [3.63, 3.8) is 0 Å². The molecule has 0 radical (unpaired) electrons. The molecule has 0 saturated heterocycles. The Bertz CT molecular complexity index is 430. The van der Waals surface area contributed by atoms with E-state index in [9.17, 15) is 0 Å². The predicted molar refractivity (Wildman–Crippen MR) is 80.7 cm³/mol. The minimum Gasteiger partial charge on any atom is -0.362 e. The molecule has 0 amide bonds. The summed E-state index contributed by atoms with van der Waals surface area (Å²) in [6, 6.07) is 0. The van der Waals surface area contributed by atoms with Crippen LogP contribution in [-0.2, 0) is 5.41 Å². The molecule has 4 saturated carbocycles. The number of hydrogen-bond acceptors (Lipinski definition) is 3. The van der Waals surface area contributed by atoms with E-state index >= 15 is 0 Å². The third kappa shape index (κ3) is 2.01. The fourth-order valence-corrected chi connectivity index (χ4v) is 6.12. The number of nitrogens with zero attached hydrogens (tertiary/aromatic N) is 1. The first-order chi connectivity index (χ1) is 9.27. The van der Waals surface area contributed by atoms with Crippen molar-refractivity contribution in [1.82, 2.24) is 4.98 Å². The highest BCUT2D eigenvalue weighted by Gasteiger charge is 2.52. The van der Waals surface area contributed by atoms with Crippen molar-refractivity contribution in [2.75, 3.05) is 11.9 Å². The molecule has 0 aromatic carbocycles. The maximum atomic E-state index is 4.95. The fourth-order valence-electron chi connectivity index (χ4n) is 5.25. The van der Waals surface area contributed by atoms with Gasteiger partial charge in [0, 0.05) is 17.3 Å². The molecule has 1 aromatic heterocycles. The maximum absolute atomic E-state index is 4.95. The second-order valence-electron chi connectivity index (χ2n) is 7.16. The van der Waals surface area contributed by atoms with E-state index in [4.69, 9.17) is 4.98 Å². The van der Waals surface area contributed by atoms with Gasteiger partial charge >= 0.3 is 0 Å². The van der Waals surface area contributed by atoms with Crippen molar-refractivity contribution in [1.29, 1.82) is 0 Å². The van der Waals surface area contributed by atoms with E-state index in [0.29, 0.717) is 5.41 Å². The van der Waals surface area contributed by atoms with Crippen LogP contribution in [0.1, 0.15) is 57.6 Å². The molecule has 4 aliphatic carbocycles. The molecule has 4 bridgehead atoms. The van der Waals surface area contributed by atoms with Gasteiger partial charge in [-0.3, -0.25) is 0 Å². The molecule has 4 aliphatic rings. The lowest BCUT2D eigenvalue weighted by Crippen LogP contribution is -2.48. The molecular formula is C16H24N2S. The van der Waals surface area contributed by atoms with Gasteiger partial charge in [0.2, 0.25) is 0 Å². The van der Waals surface area contributed by atoms with Gasteiger partial charge in [0.05, 0.1) is 5.69 Å². The quantitative estimate of drug-likeness (QED) is 0.880. The normalized spacial score (nSPS) is 39.7. The molecule has 4 fully saturated rings. The lowest BCUT2D eigenvalue weighted by molar-refractivity contribution is -0.00688. The van der Waals surface area contributed by atoms with E-state index in [-0.39, 0.29) is 0 Å². The highest BCUT2D eigenvalue weighted by Crippen LogP contribution is 2.60. The molecule has 0 spiro atoms. The van der Waals surface area contributed by atoms with Crippen LogP contribution >= 0.6 is 11.3 Å². The van der Waals surface area contributed by atoms with Crippen LogP contribution in [0, 0.1) is 17.8 Å². The second kappa shape index (κ2) is 4.47. The summed E-state index contributed by atoms with van der Waals surface area (Å²) in [6.07, 6.45) is 10.0. The van der Waals surface area contributed by atoms with Crippen LogP contribution in [0.3, 0.4) is 0 Å². The Morgan fingerprint density at radius 1 is 1.21 bits per heavy atom. The average Bonchev–Trinajstić information content (AvgIpc) is 2.84. The van der Waals surface area contributed by atoms with E-state index in [1.54, 1.807) is 0 Å². The van der Waals surface area contributed by atoms with Crippen LogP contribution in [0.25, 0.3) is 0 Å². The zero-order valence-electron chi connectivity index (χ0n) is 11.8. The predicted octanol–water partition coefficient (Wildman–Crippen LogP) is 4.43. The number of anilines is 1. The molecule has 0 aliphatic heterocycles. The average molecular weight is 276 g/mol. The monoisotopic (exact) mass is 276 g/mol. The van der Waals surface area contributed by atoms with Gasteiger partial charge in [0.1, 0.15) is 0 Å². The molecule has 1 aromatic rings. The third-order valence-electron chi connectivity index (χ3n) is 5.61. The number of rotatable bonds is 4. The van der Waals surface area contributed by atoms with Crippen molar-refractivity contribution in [2.45, 2.75) is 57.3 Å². The summed E-state index contributed by atoms with van der Waals surface area (Å²) < 4.78 is 0. The van der Waals surface area contributed by atoms with Gasteiger partial charge in [0.15, 0.2) is 5.13 Å². The maximum Gasteiger partial charge on any atom is 0.182 e. The SMILES string of the molecule is CCCNc1nc(C23CC4CC(CC(C4)C2)C3)cs1. The molecule has 5 rings (SSSR count). The van der Waals surface area contributed by atoms with E-state index < -0.39 is 0 Å². The molecule has 3 heteroatoms. The van der Waals surface area contributed by atoms with Crippen molar-refractivity contribution in [3.8, 4) is 0 Å². The smallest absolute Gasteiger partial charge is 0.182 e. The van der Waals surface area contributed by atoms with Crippen molar-refractivity contribution in [2.24, 2.45) is 17.8 Å². The van der Waals surface area contributed by atoms with Gasteiger partial charge in [-0.25, -0.2) is 4.98 Å². The molecule has 19 heavy (non-hydrogen) atoms. The summed E-state index contributed by atoms with van der Waals surface area (Å²) in [5, 5.41) is 6.95. The second-order valence-corrected chi connectivity index (χ2v) is 8.02. The molecular weight excluding hydrogens is 252 g/mol. The fraction of sp³-hybridized carbons (Fsp3) is 0.812. The summed E-state index contributed by atoms with van der Waals surface area (Å²) >= 11 is 1.82. The van der Waals surface area contributed by atoms with Gasteiger partial charge in [-0.2, -0.15) is 0 Å². The zero-order chi connectivity index (χ0) is 12.9. The van der Waals surface area contributed by atoms with Crippen LogP contribution in [-0.4, -0.2) is 11.5 Å². The van der Waals surface area contributed by atoms with E-state index in [0.717, 1.165) is 29.4 Å². The molecule has 1 N–H and O–H groups in total. The van der Waals surface area contributed by atoms with Gasteiger partial charge < -0.3 is 5.32 Å². The van der Waals surface area contributed by atoms with Gasteiger partial charge in [-0.15, -0.1) is 11.3 Å². The van der Waals surface area contributed by atoms with Crippen LogP contribution < -0.4 is 5.32 Å². The number of thiazole rings is 1. The highest BCUT2D eigenvalue weighted by molar-refractivity contribution is 7.13. The Balaban J connectivity index is 1.59. The lowest BCUT2D eigenvalue weighted by Gasteiger charge is -2.56. The molecule has 0 unspecified atom stereocenters. The minimum absolute atomic E-state index is 0.470. The first-order valence-corrected chi connectivity index (χ1v) is 8.85. The van der Waals surface area contributed by atoms with Gasteiger partial charge in [-0.05, 0) is 62.7 Å². The number of aromatic nitrogens is 1. The summed E-state index contributed by atoms with van der Waals surface area (Å²) in [7, 11) is 0. The Labute approximate surface area is 120 Å². The van der Waals surface area contributed by atoms with E-state index in [2.05, 4.69) is 17.6 Å².